The minimum absolute atomic E-state index is 0.102. The van der Waals surface area contributed by atoms with Crippen LogP contribution in [-0.4, -0.2) is 25.6 Å². The third-order valence-electron chi connectivity index (χ3n) is 3.77. The fourth-order valence-corrected chi connectivity index (χ4v) is 2.61. The van der Waals surface area contributed by atoms with E-state index in [9.17, 15) is 9.59 Å². The number of rotatable bonds is 6. The molecule has 9 heteroatoms. The summed E-state index contributed by atoms with van der Waals surface area (Å²) in [5.41, 5.74) is 0.925. The predicted octanol–water partition coefficient (Wildman–Crippen LogP) is 2.21. The van der Waals surface area contributed by atoms with Gasteiger partial charge in [0.05, 0.1) is 6.04 Å². The SMILES string of the molecule is CCC(NC(=O)Cn1c(-c2ncccn2)noc1=O)c1ccc(Cl)cc1. The van der Waals surface area contributed by atoms with Crippen molar-refractivity contribution in [3.63, 3.8) is 0 Å². The van der Waals surface area contributed by atoms with Crippen molar-refractivity contribution in [1.29, 1.82) is 0 Å². The standard InChI is InChI=1S/C17H16ClN5O3/c1-2-13(11-4-6-12(18)7-5-11)21-14(24)10-23-16(22-26-17(23)25)15-19-8-3-9-20-15/h3-9,13H,2,10H2,1H3,(H,21,24). The Morgan fingerprint density at radius 3 is 2.62 bits per heavy atom. The number of nitrogens with zero attached hydrogens (tertiary/aromatic N) is 4. The smallest absolute Gasteiger partial charge is 0.348 e. The summed E-state index contributed by atoms with van der Waals surface area (Å²) in [6.07, 6.45) is 3.71. The zero-order valence-corrected chi connectivity index (χ0v) is 14.7. The van der Waals surface area contributed by atoms with Crippen molar-refractivity contribution in [2.45, 2.75) is 25.9 Å². The Hall–Kier alpha value is -3.00. The third kappa shape index (κ3) is 3.97. The molecule has 3 aromatic rings. The molecule has 134 valence electrons. The molecule has 8 nitrogen and oxygen atoms in total. The average Bonchev–Trinajstić information content (AvgIpc) is 3.02. The number of nitrogens with one attached hydrogen (secondary N) is 1. The molecule has 1 atom stereocenters. The van der Waals surface area contributed by atoms with Crippen LogP contribution in [0, 0.1) is 0 Å². The summed E-state index contributed by atoms with van der Waals surface area (Å²) < 4.78 is 5.76. The number of aromatic nitrogens is 4. The summed E-state index contributed by atoms with van der Waals surface area (Å²) in [6.45, 7) is 1.70. The van der Waals surface area contributed by atoms with Crippen molar-refractivity contribution in [1.82, 2.24) is 25.0 Å². The van der Waals surface area contributed by atoms with Crippen molar-refractivity contribution < 1.29 is 9.32 Å². The zero-order chi connectivity index (χ0) is 18.5. The monoisotopic (exact) mass is 373 g/mol. The van der Waals surface area contributed by atoms with Crippen LogP contribution in [0.25, 0.3) is 11.6 Å². The minimum Gasteiger partial charge on any atom is -0.348 e. The van der Waals surface area contributed by atoms with Gasteiger partial charge in [0.25, 0.3) is 0 Å². The first-order chi connectivity index (χ1) is 12.6. The van der Waals surface area contributed by atoms with Crippen LogP contribution in [0.5, 0.6) is 0 Å². The molecule has 2 aromatic heterocycles. The van der Waals surface area contributed by atoms with Gasteiger partial charge in [-0.05, 0) is 30.2 Å². The number of hydrogen-bond donors (Lipinski definition) is 1. The molecule has 0 radical (unpaired) electrons. The second-order valence-corrected chi connectivity index (χ2v) is 5.95. The maximum absolute atomic E-state index is 12.4. The van der Waals surface area contributed by atoms with E-state index >= 15 is 0 Å². The van der Waals surface area contributed by atoms with Gasteiger partial charge in [0.2, 0.25) is 11.7 Å². The highest BCUT2D eigenvalue weighted by molar-refractivity contribution is 6.30. The Kier molecular flexibility index (Phi) is 5.43. The van der Waals surface area contributed by atoms with Crippen LogP contribution in [-0.2, 0) is 11.3 Å². The number of carbonyl (C=O) groups excluding carboxylic acids is 1. The fourth-order valence-electron chi connectivity index (χ4n) is 2.48. The minimum atomic E-state index is -0.748. The van der Waals surface area contributed by atoms with Gasteiger partial charge in [-0.3, -0.25) is 9.32 Å². The van der Waals surface area contributed by atoms with Gasteiger partial charge in [-0.2, -0.15) is 0 Å². The zero-order valence-electron chi connectivity index (χ0n) is 13.9. The molecule has 3 rings (SSSR count). The highest BCUT2D eigenvalue weighted by Gasteiger charge is 2.19. The van der Waals surface area contributed by atoms with Crippen LogP contribution in [0.15, 0.2) is 52.0 Å². The van der Waals surface area contributed by atoms with Gasteiger partial charge in [0.15, 0.2) is 5.82 Å². The summed E-state index contributed by atoms with van der Waals surface area (Å²) in [5, 5.41) is 7.18. The number of halogens is 1. The van der Waals surface area contributed by atoms with Crippen LogP contribution >= 0.6 is 11.6 Å². The average molecular weight is 374 g/mol. The molecule has 0 spiro atoms. The number of amides is 1. The Morgan fingerprint density at radius 2 is 1.96 bits per heavy atom. The lowest BCUT2D eigenvalue weighted by Crippen LogP contribution is -2.34. The Bertz CT molecular complexity index is 937. The van der Waals surface area contributed by atoms with Crippen LogP contribution in [0.4, 0.5) is 0 Å². The summed E-state index contributed by atoms with van der Waals surface area (Å²) in [6, 6.07) is 8.67. The normalized spacial score (nSPS) is 11.9. The van der Waals surface area contributed by atoms with Crippen LogP contribution < -0.4 is 11.1 Å². The second-order valence-electron chi connectivity index (χ2n) is 5.51. The van der Waals surface area contributed by atoms with E-state index in [-0.39, 0.29) is 30.1 Å². The maximum atomic E-state index is 12.4. The molecule has 0 aliphatic rings. The molecular formula is C17H16ClN5O3. The van der Waals surface area contributed by atoms with Crippen molar-refractivity contribution in [3.05, 3.63) is 63.9 Å². The van der Waals surface area contributed by atoms with Gasteiger partial charge in [0, 0.05) is 17.4 Å². The molecule has 0 bridgehead atoms. The quantitative estimate of drug-likeness (QED) is 0.710. The van der Waals surface area contributed by atoms with Crippen LogP contribution in [0.2, 0.25) is 5.02 Å². The molecule has 1 unspecified atom stereocenters. The third-order valence-corrected chi connectivity index (χ3v) is 4.02. The Morgan fingerprint density at radius 1 is 1.27 bits per heavy atom. The van der Waals surface area contributed by atoms with Crippen LogP contribution in [0.1, 0.15) is 24.9 Å². The van der Waals surface area contributed by atoms with E-state index in [0.717, 1.165) is 10.1 Å². The molecule has 0 aliphatic heterocycles. The van der Waals surface area contributed by atoms with E-state index in [2.05, 4.69) is 25.0 Å². The Balaban J connectivity index is 1.77. The number of hydrogen-bond acceptors (Lipinski definition) is 6. The van der Waals surface area contributed by atoms with Gasteiger partial charge in [-0.25, -0.2) is 19.3 Å². The second kappa shape index (κ2) is 7.92. The van der Waals surface area contributed by atoms with E-state index in [1.807, 2.05) is 19.1 Å². The molecule has 26 heavy (non-hydrogen) atoms. The highest BCUT2D eigenvalue weighted by atomic mass is 35.5. The van der Waals surface area contributed by atoms with Crippen LogP contribution in [0.3, 0.4) is 0 Å². The van der Waals surface area contributed by atoms with E-state index in [1.165, 1.54) is 12.4 Å². The predicted molar refractivity (Wildman–Crippen MR) is 94.4 cm³/mol. The summed E-state index contributed by atoms with van der Waals surface area (Å²) in [4.78, 5) is 32.4. The fraction of sp³-hybridized carbons (Fsp3) is 0.235. The summed E-state index contributed by atoms with van der Waals surface area (Å²) in [5.74, 6) is -0.794. The summed E-state index contributed by atoms with van der Waals surface area (Å²) >= 11 is 5.90. The van der Waals surface area contributed by atoms with Crippen molar-refractivity contribution in [2.75, 3.05) is 0 Å². The number of carbonyl (C=O) groups is 1. The number of benzene rings is 1. The Labute approximate surface area is 153 Å². The molecule has 0 aliphatic carbocycles. The van der Waals surface area contributed by atoms with Crippen molar-refractivity contribution in [2.24, 2.45) is 0 Å². The van der Waals surface area contributed by atoms with E-state index in [4.69, 9.17) is 11.6 Å². The van der Waals surface area contributed by atoms with Gasteiger partial charge in [-0.15, -0.1) is 0 Å². The first-order valence-corrected chi connectivity index (χ1v) is 8.35. The molecule has 0 saturated heterocycles. The van der Waals surface area contributed by atoms with Crippen molar-refractivity contribution in [3.8, 4) is 11.6 Å². The lowest BCUT2D eigenvalue weighted by atomic mass is 10.0. The summed E-state index contributed by atoms with van der Waals surface area (Å²) in [7, 11) is 0. The molecule has 0 fully saturated rings. The van der Waals surface area contributed by atoms with E-state index in [1.54, 1.807) is 18.2 Å². The maximum Gasteiger partial charge on any atom is 0.442 e. The van der Waals surface area contributed by atoms with Gasteiger partial charge >= 0.3 is 5.76 Å². The molecule has 0 saturated carbocycles. The topological polar surface area (TPSA) is 103 Å². The van der Waals surface area contributed by atoms with E-state index in [0.29, 0.717) is 11.4 Å². The first kappa shape index (κ1) is 17.8. The lowest BCUT2D eigenvalue weighted by Gasteiger charge is -2.17. The molecule has 1 amide bonds. The first-order valence-electron chi connectivity index (χ1n) is 7.97. The molecule has 1 aromatic carbocycles. The van der Waals surface area contributed by atoms with E-state index < -0.39 is 5.76 Å². The van der Waals surface area contributed by atoms with Crippen molar-refractivity contribution >= 4 is 17.5 Å². The molecule has 1 N–H and O–H groups in total. The lowest BCUT2D eigenvalue weighted by molar-refractivity contribution is -0.122. The van der Waals surface area contributed by atoms with Gasteiger partial charge in [0.1, 0.15) is 6.54 Å². The van der Waals surface area contributed by atoms with Gasteiger partial charge < -0.3 is 5.32 Å². The highest BCUT2D eigenvalue weighted by Crippen LogP contribution is 2.19. The largest absolute Gasteiger partial charge is 0.442 e. The molecule has 2 heterocycles. The van der Waals surface area contributed by atoms with Gasteiger partial charge in [-0.1, -0.05) is 35.8 Å². The molecular weight excluding hydrogens is 358 g/mol.